The highest BCUT2D eigenvalue weighted by molar-refractivity contribution is 6.45. The van der Waals surface area contributed by atoms with Crippen molar-refractivity contribution in [3.63, 3.8) is 0 Å². The molecule has 0 radical (unpaired) electrons. The van der Waals surface area contributed by atoms with Crippen LogP contribution in [-0.4, -0.2) is 46.9 Å². The number of carbonyl (C=O) groups is 2. The van der Waals surface area contributed by atoms with Crippen molar-refractivity contribution in [3.8, 4) is 0 Å². The Hall–Kier alpha value is -3.52. The molecule has 166 valence electrons. The molecule has 0 bridgehead atoms. The highest BCUT2D eigenvalue weighted by atomic mass is 16.6. The molecule has 1 saturated heterocycles. The molecule has 2 aromatic rings. The summed E-state index contributed by atoms with van der Waals surface area (Å²) < 4.78 is 5.81. The third kappa shape index (κ3) is 3.89. The second-order valence-electron chi connectivity index (χ2n) is 8.16. The van der Waals surface area contributed by atoms with Gasteiger partial charge in [-0.15, -0.1) is 0 Å². The van der Waals surface area contributed by atoms with Crippen molar-refractivity contribution in [1.82, 2.24) is 4.90 Å². The highest BCUT2D eigenvalue weighted by Crippen LogP contribution is 2.36. The van der Waals surface area contributed by atoms with Crippen molar-refractivity contribution in [1.29, 1.82) is 0 Å². The number of carbonyl (C=O) groups excluding carboxylic acids is 2. The molecule has 4 rings (SSSR count). The van der Waals surface area contributed by atoms with Gasteiger partial charge in [0.2, 0.25) is 0 Å². The van der Waals surface area contributed by atoms with Crippen molar-refractivity contribution in [2.24, 2.45) is 0 Å². The second-order valence-corrected chi connectivity index (χ2v) is 8.16. The normalized spacial score (nSPS) is 21.5. The number of nitro groups is 1. The largest absolute Gasteiger partial charge is 0.372 e. The van der Waals surface area contributed by atoms with Gasteiger partial charge in [0.15, 0.2) is 0 Å². The van der Waals surface area contributed by atoms with E-state index in [9.17, 15) is 19.7 Å². The van der Waals surface area contributed by atoms with Gasteiger partial charge >= 0.3 is 0 Å². The van der Waals surface area contributed by atoms with Gasteiger partial charge in [0.25, 0.3) is 17.5 Å². The summed E-state index contributed by atoms with van der Waals surface area (Å²) in [5.41, 5.74) is 2.57. The van der Waals surface area contributed by atoms with Crippen molar-refractivity contribution in [2.45, 2.75) is 39.4 Å². The van der Waals surface area contributed by atoms with Gasteiger partial charge in [0.05, 0.1) is 28.4 Å². The Kier molecular flexibility index (Phi) is 5.80. The SMILES string of the molecule is CCc1ccc(N2C(=O)C(c3ccc([N+](=O)[O-])cc3)=C(N3CC(C)OC(C)C3)C2=O)cc1. The molecule has 2 unspecified atom stereocenters. The number of ether oxygens (including phenoxy) is 1. The predicted molar refractivity (Wildman–Crippen MR) is 120 cm³/mol. The first-order chi connectivity index (χ1) is 15.3. The molecular weight excluding hydrogens is 410 g/mol. The molecule has 0 aliphatic carbocycles. The molecule has 2 aromatic carbocycles. The first-order valence-corrected chi connectivity index (χ1v) is 10.7. The number of anilines is 1. The molecule has 32 heavy (non-hydrogen) atoms. The number of hydrogen-bond donors (Lipinski definition) is 0. The van der Waals surface area contributed by atoms with Gasteiger partial charge in [-0.1, -0.05) is 19.1 Å². The smallest absolute Gasteiger partial charge is 0.282 e. The first kappa shape index (κ1) is 21.7. The molecule has 2 atom stereocenters. The quantitative estimate of drug-likeness (QED) is 0.405. The molecule has 8 nitrogen and oxygen atoms in total. The van der Waals surface area contributed by atoms with E-state index in [0.717, 1.165) is 12.0 Å². The zero-order valence-electron chi connectivity index (χ0n) is 18.3. The summed E-state index contributed by atoms with van der Waals surface area (Å²) in [6.07, 6.45) is 0.638. The van der Waals surface area contributed by atoms with Crippen LogP contribution in [0.1, 0.15) is 31.9 Å². The Bertz CT molecular complexity index is 1080. The Morgan fingerprint density at radius 3 is 2.09 bits per heavy atom. The standard InChI is InChI=1S/C24H25N3O5/c1-4-17-5-9-19(10-6-17)26-23(28)21(18-7-11-20(12-8-18)27(30)31)22(24(26)29)25-13-15(2)32-16(3)14-25/h5-12,15-16H,4,13-14H2,1-3H3. The summed E-state index contributed by atoms with van der Waals surface area (Å²) >= 11 is 0. The van der Waals surface area contributed by atoms with Crippen LogP contribution < -0.4 is 4.90 Å². The van der Waals surface area contributed by atoms with E-state index in [1.807, 2.05) is 37.8 Å². The van der Waals surface area contributed by atoms with E-state index in [-0.39, 0.29) is 23.5 Å². The number of morpholine rings is 1. The number of rotatable bonds is 5. The van der Waals surface area contributed by atoms with E-state index in [2.05, 4.69) is 0 Å². The van der Waals surface area contributed by atoms with Gasteiger partial charge in [-0.25, -0.2) is 4.90 Å². The molecular formula is C24H25N3O5. The fourth-order valence-corrected chi connectivity index (χ4v) is 4.30. The number of nitrogens with zero attached hydrogens (tertiary/aromatic N) is 3. The number of nitro benzene ring substituents is 1. The maximum atomic E-state index is 13.6. The van der Waals surface area contributed by atoms with E-state index < -0.39 is 16.7 Å². The molecule has 8 heteroatoms. The first-order valence-electron chi connectivity index (χ1n) is 10.7. The number of non-ortho nitro benzene ring substituents is 1. The molecule has 2 heterocycles. The second kappa shape index (κ2) is 8.55. The molecule has 0 aromatic heterocycles. The number of amides is 2. The number of aryl methyl sites for hydroxylation is 1. The van der Waals surface area contributed by atoms with Crippen LogP contribution in [0.3, 0.4) is 0 Å². The average Bonchev–Trinajstić information content (AvgIpc) is 3.03. The van der Waals surface area contributed by atoms with Gasteiger partial charge in [-0.05, 0) is 55.7 Å². The Balaban J connectivity index is 1.80. The highest BCUT2D eigenvalue weighted by Gasteiger charge is 2.43. The minimum Gasteiger partial charge on any atom is -0.372 e. The summed E-state index contributed by atoms with van der Waals surface area (Å²) in [5.74, 6) is -0.830. The van der Waals surface area contributed by atoms with Gasteiger partial charge in [0, 0.05) is 25.2 Å². The third-order valence-electron chi connectivity index (χ3n) is 5.76. The maximum absolute atomic E-state index is 13.6. The van der Waals surface area contributed by atoms with Crippen LogP contribution in [0.2, 0.25) is 0 Å². The minimum atomic E-state index is -0.492. The lowest BCUT2D eigenvalue weighted by molar-refractivity contribution is -0.384. The maximum Gasteiger partial charge on any atom is 0.282 e. The number of imide groups is 1. The van der Waals surface area contributed by atoms with Crippen LogP contribution in [0.25, 0.3) is 5.57 Å². The summed E-state index contributed by atoms with van der Waals surface area (Å²) in [5, 5.41) is 11.1. The van der Waals surface area contributed by atoms with Gasteiger partial charge in [-0.3, -0.25) is 19.7 Å². The van der Waals surface area contributed by atoms with Crippen molar-refractivity contribution < 1.29 is 19.2 Å². The van der Waals surface area contributed by atoms with Crippen LogP contribution >= 0.6 is 0 Å². The van der Waals surface area contributed by atoms with E-state index in [1.54, 1.807) is 12.1 Å². The zero-order valence-corrected chi connectivity index (χ0v) is 18.3. The van der Waals surface area contributed by atoms with Crippen LogP contribution in [-0.2, 0) is 20.7 Å². The molecule has 2 aliphatic rings. The lowest BCUT2D eigenvalue weighted by Gasteiger charge is -2.37. The Labute approximate surface area is 186 Å². The number of benzene rings is 2. The Morgan fingerprint density at radius 1 is 0.969 bits per heavy atom. The fourth-order valence-electron chi connectivity index (χ4n) is 4.30. The lowest BCUT2D eigenvalue weighted by Crippen LogP contribution is -2.47. The minimum absolute atomic E-state index is 0.0756. The summed E-state index contributed by atoms with van der Waals surface area (Å²) in [6.45, 7) is 6.83. The molecule has 0 saturated carbocycles. The molecule has 1 fully saturated rings. The molecule has 2 aliphatic heterocycles. The Morgan fingerprint density at radius 2 is 1.56 bits per heavy atom. The van der Waals surface area contributed by atoms with E-state index in [4.69, 9.17) is 4.74 Å². The van der Waals surface area contributed by atoms with Crippen molar-refractivity contribution >= 4 is 28.8 Å². The van der Waals surface area contributed by atoms with Crippen LogP contribution in [0.5, 0.6) is 0 Å². The molecule has 0 N–H and O–H groups in total. The fraction of sp³-hybridized carbons (Fsp3) is 0.333. The average molecular weight is 435 g/mol. The predicted octanol–water partition coefficient (Wildman–Crippen LogP) is 3.55. The summed E-state index contributed by atoms with van der Waals surface area (Å²) in [6, 6.07) is 13.1. The van der Waals surface area contributed by atoms with Crippen LogP contribution in [0.4, 0.5) is 11.4 Å². The number of hydrogen-bond acceptors (Lipinski definition) is 6. The lowest BCUT2D eigenvalue weighted by atomic mass is 10.0. The van der Waals surface area contributed by atoms with Crippen molar-refractivity contribution in [3.05, 3.63) is 75.5 Å². The van der Waals surface area contributed by atoms with E-state index in [1.165, 1.54) is 29.2 Å². The topological polar surface area (TPSA) is 93.0 Å². The third-order valence-corrected chi connectivity index (χ3v) is 5.76. The van der Waals surface area contributed by atoms with E-state index >= 15 is 0 Å². The van der Waals surface area contributed by atoms with Crippen molar-refractivity contribution in [2.75, 3.05) is 18.0 Å². The van der Waals surface area contributed by atoms with Crippen LogP contribution in [0, 0.1) is 10.1 Å². The van der Waals surface area contributed by atoms with Crippen LogP contribution in [0.15, 0.2) is 54.2 Å². The monoisotopic (exact) mass is 435 g/mol. The molecule has 2 amide bonds. The molecule has 0 spiro atoms. The van der Waals surface area contributed by atoms with Gasteiger partial charge in [0.1, 0.15) is 5.70 Å². The van der Waals surface area contributed by atoms with Gasteiger partial charge < -0.3 is 9.64 Å². The summed E-state index contributed by atoms with van der Waals surface area (Å²) in [4.78, 5) is 40.8. The zero-order chi connectivity index (χ0) is 23.0. The van der Waals surface area contributed by atoms with E-state index in [0.29, 0.717) is 30.0 Å². The van der Waals surface area contributed by atoms with Gasteiger partial charge in [-0.2, -0.15) is 0 Å². The summed E-state index contributed by atoms with van der Waals surface area (Å²) in [7, 11) is 0.